The summed E-state index contributed by atoms with van der Waals surface area (Å²) < 4.78 is 0. The van der Waals surface area contributed by atoms with Crippen molar-refractivity contribution in [3.8, 4) is 5.75 Å². The largest absolute Gasteiger partial charge is 0.508 e. The number of rotatable bonds is 1. The summed E-state index contributed by atoms with van der Waals surface area (Å²) in [4.78, 5) is 37.2. The molecule has 0 spiro atoms. The van der Waals surface area contributed by atoms with Gasteiger partial charge in [-0.05, 0) is 17.5 Å². The molecule has 1 amide bonds. The van der Waals surface area contributed by atoms with Gasteiger partial charge in [0.2, 0.25) is 5.78 Å². The average molecular weight is 401 g/mol. The van der Waals surface area contributed by atoms with Crippen LogP contribution in [0.5, 0.6) is 5.75 Å². The quantitative estimate of drug-likeness (QED) is 0.355. The molecule has 1 aromatic carbocycles. The Labute approximate surface area is 164 Å². The molecule has 0 bridgehead atoms. The van der Waals surface area contributed by atoms with Gasteiger partial charge in [0.05, 0.1) is 11.7 Å². The predicted octanol–water partition coefficient (Wildman–Crippen LogP) is -0.0443. The Morgan fingerprint density at radius 1 is 1.21 bits per heavy atom. The maximum absolute atomic E-state index is 13.3. The Bertz CT molecular complexity index is 1050. The summed E-state index contributed by atoms with van der Waals surface area (Å²) >= 11 is 0. The highest BCUT2D eigenvalue weighted by Crippen LogP contribution is 2.55. The zero-order valence-electron chi connectivity index (χ0n) is 15.3. The first-order valence-electron chi connectivity index (χ1n) is 9.00. The minimum Gasteiger partial charge on any atom is -0.508 e. The van der Waals surface area contributed by atoms with E-state index in [1.54, 1.807) is 19.1 Å². The number of amides is 1. The van der Waals surface area contributed by atoms with E-state index in [9.17, 15) is 39.9 Å². The first kappa shape index (κ1) is 19.2. The molecule has 1 aromatic rings. The number of fused-ring (bicyclic) bond motifs is 3. The van der Waals surface area contributed by atoms with Crippen molar-refractivity contribution in [1.29, 1.82) is 0 Å². The summed E-state index contributed by atoms with van der Waals surface area (Å²) in [5.74, 6) is -8.54. The molecule has 4 rings (SSSR count). The maximum atomic E-state index is 13.3. The SMILES string of the molecule is C[C@H]1c2cccc(O)c2C(O)=C2C(=O)[C@]3(O)C(O)=C(C(N)=O)C(=O)C[C@@H]3[C@@H](O)[C@@H]21. The number of hydrogen-bond acceptors (Lipinski definition) is 8. The molecule has 9 heteroatoms. The summed E-state index contributed by atoms with van der Waals surface area (Å²) in [6, 6.07) is 4.49. The zero-order valence-corrected chi connectivity index (χ0v) is 15.3. The van der Waals surface area contributed by atoms with Crippen molar-refractivity contribution in [2.45, 2.75) is 31.0 Å². The summed E-state index contributed by atoms with van der Waals surface area (Å²) in [7, 11) is 0. The normalized spacial score (nSPS) is 33.9. The lowest BCUT2D eigenvalue weighted by atomic mass is 9.55. The summed E-state index contributed by atoms with van der Waals surface area (Å²) in [5.41, 5.74) is 1.48. The van der Waals surface area contributed by atoms with Crippen molar-refractivity contribution in [1.82, 2.24) is 0 Å². The fourth-order valence-electron chi connectivity index (χ4n) is 4.96. The van der Waals surface area contributed by atoms with Crippen LogP contribution < -0.4 is 5.73 Å². The van der Waals surface area contributed by atoms with E-state index >= 15 is 0 Å². The minimum atomic E-state index is -2.81. The van der Waals surface area contributed by atoms with Gasteiger partial charge in [0.1, 0.15) is 22.8 Å². The molecule has 0 saturated heterocycles. The highest BCUT2D eigenvalue weighted by molar-refractivity contribution is 6.22. The second-order valence-electron chi connectivity index (χ2n) is 7.73. The molecule has 0 aromatic heterocycles. The number of phenols is 1. The van der Waals surface area contributed by atoms with Crippen molar-refractivity contribution < 1.29 is 39.9 Å². The Morgan fingerprint density at radius 2 is 1.86 bits per heavy atom. The first-order chi connectivity index (χ1) is 13.5. The van der Waals surface area contributed by atoms with Crippen LogP contribution >= 0.6 is 0 Å². The van der Waals surface area contributed by atoms with Crippen molar-refractivity contribution >= 4 is 23.2 Å². The molecule has 29 heavy (non-hydrogen) atoms. The van der Waals surface area contributed by atoms with E-state index in [1.165, 1.54) is 6.07 Å². The third-order valence-corrected chi connectivity index (χ3v) is 6.37. The van der Waals surface area contributed by atoms with Gasteiger partial charge in [-0.25, -0.2) is 0 Å². The topological polar surface area (TPSA) is 178 Å². The molecule has 3 aliphatic carbocycles. The van der Waals surface area contributed by atoms with Crippen LogP contribution in [0.4, 0.5) is 0 Å². The van der Waals surface area contributed by atoms with Gasteiger partial charge < -0.3 is 31.3 Å². The van der Waals surface area contributed by atoms with Gasteiger partial charge in [-0.15, -0.1) is 0 Å². The third kappa shape index (κ3) is 2.19. The van der Waals surface area contributed by atoms with Gasteiger partial charge in [-0.1, -0.05) is 19.1 Å². The number of hydrogen-bond donors (Lipinski definition) is 6. The molecule has 5 atom stereocenters. The van der Waals surface area contributed by atoms with Crippen LogP contribution in [0, 0.1) is 11.8 Å². The molecule has 1 fully saturated rings. The first-order valence-corrected chi connectivity index (χ1v) is 9.00. The molecule has 7 N–H and O–H groups in total. The van der Waals surface area contributed by atoms with Crippen LogP contribution in [0.1, 0.15) is 30.4 Å². The van der Waals surface area contributed by atoms with Crippen LogP contribution in [0.2, 0.25) is 0 Å². The highest BCUT2D eigenvalue weighted by atomic mass is 16.4. The van der Waals surface area contributed by atoms with E-state index in [4.69, 9.17) is 5.73 Å². The van der Waals surface area contributed by atoms with Crippen molar-refractivity contribution in [2.24, 2.45) is 17.6 Å². The number of primary amides is 1. The van der Waals surface area contributed by atoms with Crippen molar-refractivity contribution in [2.75, 3.05) is 0 Å². The number of Topliss-reactive ketones (excluding diaryl/α,β-unsaturated/α-hetero) is 2. The summed E-state index contributed by atoms with van der Waals surface area (Å²) in [6.45, 7) is 1.67. The van der Waals surface area contributed by atoms with Crippen LogP contribution in [0.25, 0.3) is 5.76 Å². The summed E-state index contributed by atoms with van der Waals surface area (Å²) in [6.07, 6.45) is -2.10. The molecule has 0 aliphatic heterocycles. The predicted molar refractivity (Wildman–Crippen MR) is 97.5 cm³/mol. The molecular formula is C20H19NO8. The van der Waals surface area contributed by atoms with Gasteiger partial charge in [0.15, 0.2) is 11.4 Å². The number of aromatic hydroxyl groups is 1. The number of carbonyl (C=O) groups is 3. The standard InChI is InChI=1S/C20H19NO8/c1-6-7-3-2-4-9(22)12(7)16(25)14-11(6)15(24)8-5-10(23)13(19(21)28)17(26)20(8,29)18(14)27/h2-4,6,8,11,15,22,24-26,29H,5H2,1H3,(H2,21,28)/t6-,8+,11+,15+,20+/m0/s1. The summed E-state index contributed by atoms with van der Waals surface area (Å²) in [5, 5.41) is 53.6. The van der Waals surface area contributed by atoms with Crippen LogP contribution in [-0.4, -0.2) is 54.7 Å². The fraction of sp³-hybridized carbons (Fsp3) is 0.350. The second-order valence-corrected chi connectivity index (χ2v) is 7.73. The lowest BCUT2D eigenvalue weighted by Gasteiger charge is -2.50. The molecule has 3 aliphatic rings. The maximum Gasteiger partial charge on any atom is 0.255 e. The van der Waals surface area contributed by atoms with Crippen LogP contribution in [0.15, 0.2) is 35.1 Å². The molecule has 0 unspecified atom stereocenters. The lowest BCUT2D eigenvalue weighted by Crippen LogP contribution is -2.63. The zero-order chi connectivity index (χ0) is 21.4. The monoisotopic (exact) mass is 401 g/mol. The van der Waals surface area contributed by atoms with Gasteiger partial charge >= 0.3 is 0 Å². The Balaban J connectivity index is 2.02. The number of ketones is 2. The number of benzene rings is 1. The Hall–Kier alpha value is -3.17. The highest BCUT2D eigenvalue weighted by Gasteiger charge is 2.64. The number of phenolic OH excluding ortho intramolecular Hbond substituents is 1. The van der Waals surface area contributed by atoms with E-state index in [1.807, 2.05) is 0 Å². The fourth-order valence-corrected chi connectivity index (χ4v) is 4.96. The number of aliphatic hydroxyl groups excluding tert-OH is 3. The smallest absolute Gasteiger partial charge is 0.255 e. The van der Waals surface area contributed by atoms with E-state index in [0.717, 1.165) is 0 Å². The molecule has 1 saturated carbocycles. The van der Waals surface area contributed by atoms with Gasteiger partial charge in [-0.3, -0.25) is 14.4 Å². The number of nitrogens with two attached hydrogens (primary N) is 1. The van der Waals surface area contributed by atoms with Gasteiger partial charge in [-0.2, -0.15) is 0 Å². The van der Waals surface area contributed by atoms with Gasteiger partial charge in [0, 0.05) is 23.8 Å². The third-order valence-electron chi connectivity index (χ3n) is 6.37. The molecule has 0 heterocycles. The molecule has 0 radical (unpaired) electrons. The van der Waals surface area contributed by atoms with Crippen molar-refractivity contribution in [3.05, 3.63) is 46.2 Å². The average Bonchev–Trinajstić information content (AvgIpc) is 2.65. The van der Waals surface area contributed by atoms with Crippen molar-refractivity contribution in [3.63, 3.8) is 0 Å². The van der Waals surface area contributed by atoms with E-state index in [0.29, 0.717) is 5.56 Å². The Morgan fingerprint density at radius 3 is 2.48 bits per heavy atom. The van der Waals surface area contributed by atoms with E-state index in [-0.39, 0.29) is 16.9 Å². The van der Waals surface area contributed by atoms with Gasteiger partial charge in [0.25, 0.3) is 5.91 Å². The van der Waals surface area contributed by atoms with Crippen LogP contribution in [0.3, 0.4) is 0 Å². The van der Waals surface area contributed by atoms with Crippen LogP contribution in [-0.2, 0) is 14.4 Å². The van der Waals surface area contributed by atoms with E-state index < -0.39 is 70.4 Å². The Kier molecular flexibility index (Phi) is 3.91. The molecule has 9 nitrogen and oxygen atoms in total. The molecular weight excluding hydrogens is 382 g/mol. The van der Waals surface area contributed by atoms with E-state index in [2.05, 4.69) is 0 Å². The lowest BCUT2D eigenvalue weighted by molar-refractivity contribution is -0.160. The molecule has 152 valence electrons. The second kappa shape index (κ2) is 5.91. The number of carbonyl (C=O) groups excluding carboxylic acids is 3. The number of aliphatic hydroxyl groups is 4. The minimum absolute atomic E-state index is 0.0145.